The molecule has 10 nitrogen and oxygen atoms in total. The number of rotatable bonds is 17. The van der Waals surface area contributed by atoms with Crippen LogP contribution in [0.25, 0.3) is 0 Å². The van der Waals surface area contributed by atoms with Crippen LogP contribution in [0.4, 0.5) is 4.79 Å². The molecule has 0 saturated carbocycles. The number of Topliss-reactive ketones (excluding diaryl/α,β-unsaturated/α-hetero) is 1. The molecule has 0 saturated heterocycles. The number of nitrogens with one attached hydrogen (secondary N) is 2. The van der Waals surface area contributed by atoms with Gasteiger partial charge >= 0.3 is 18.0 Å². The molecule has 1 atom stereocenters. The number of benzene rings is 1. The maximum absolute atomic E-state index is 12.7. The standard InChI is InChI=1S/C26H36N2O8/c1-4-5-15-27-23(30)13-11-21(28-26(33)36-18-20-9-7-6-8-10-20)22(29)12-14-24(31)34-16-17-35-25(32)19(2)3/h6-10,21H,2,4-5,11-18H2,1,3H3,(H,27,30)(H,28,33)/t21-/m0/s1. The van der Waals surface area contributed by atoms with E-state index in [0.29, 0.717) is 6.54 Å². The predicted molar refractivity (Wildman–Crippen MR) is 132 cm³/mol. The molecule has 10 heteroatoms. The molecule has 0 aromatic heterocycles. The lowest BCUT2D eigenvalue weighted by Gasteiger charge is -2.17. The largest absolute Gasteiger partial charge is 0.462 e. The molecule has 36 heavy (non-hydrogen) atoms. The van der Waals surface area contributed by atoms with Crippen LogP contribution < -0.4 is 10.6 Å². The first-order valence-electron chi connectivity index (χ1n) is 12.0. The molecule has 2 amide bonds. The minimum absolute atomic E-state index is 0.0212. The molecule has 0 aliphatic carbocycles. The zero-order valence-electron chi connectivity index (χ0n) is 21.0. The van der Waals surface area contributed by atoms with Gasteiger partial charge in [0.1, 0.15) is 19.8 Å². The Bertz CT molecular complexity index is 885. The van der Waals surface area contributed by atoms with Crippen molar-refractivity contribution in [1.29, 1.82) is 0 Å². The van der Waals surface area contributed by atoms with Gasteiger partial charge in [0.25, 0.3) is 0 Å². The topological polar surface area (TPSA) is 137 Å². The summed E-state index contributed by atoms with van der Waals surface area (Å²) in [4.78, 5) is 60.3. The van der Waals surface area contributed by atoms with Crippen LogP contribution in [0.2, 0.25) is 0 Å². The lowest BCUT2D eigenvalue weighted by atomic mass is 10.0. The fraction of sp³-hybridized carbons (Fsp3) is 0.500. The third-order valence-electron chi connectivity index (χ3n) is 4.91. The summed E-state index contributed by atoms with van der Waals surface area (Å²) in [6, 6.07) is 8.04. The van der Waals surface area contributed by atoms with Crippen molar-refractivity contribution in [2.45, 2.75) is 65.0 Å². The van der Waals surface area contributed by atoms with Crippen molar-refractivity contribution in [3.8, 4) is 0 Å². The number of hydrogen-bond donors (Lipinski definition) is 2. The van der Waals surface area contributed by atoms with Crippen molar-refractivity contribution in [3.63, 3.8) is 0 Å². The highest BCUT2D eigenvalue weighted by molar-refractivity contribution is 5.90. The van der Waals surface area contributed by atoms with E-state index in [4.69, 9.17) is 14.2 Å². The molecule has 0 spiro atoms. The van der Waals surface area contributed by atoms with Crippen molar-refractivity contribution < 1.29 is 38.2 Å². The van der Waals surface area contributed by atoms with E-state index < -0.39 is 29.9 Å². The van der Waals surface area contributed by atoms with Gasteiger partial charge in [-0.25, -0.2) is 9.59 Å². The van der Waals surface area contributed by atoms with Crippen LogP contribution in [-0.4, -0.2) is 55.5 Å². The molecule has 1 aromatic carbocycles. The smallest absolute Gasteiger partial charge is 0.408 e. The van der Waals surface area contributed by atoms with Gasteiger partial charge < -0.3 is 24.8 Å². The first-order valence-corrected chi connectivity index (χ1v) is 12.0. The maximum atomic E-state index is 12.7. The molecule has 1 rings (SSSR count). The number of carbonyl (C=O) groups excluding carboxylic acids is 5. The number of ketones is 1. The summed E-state index contributed by atoms with van der Waals surface area (Å²) in [6.45, 7) is 7.22. The first kappa shape index (κ1) is 30.3. The Hall–Kier alpha value is -3.69. The number of alkyl carbamates (subject to hydrolysis) is 1. The molecule has 0 fully saturated rings. The van der Waals surface area contributed by atoms with Crippen LogP contribution in [0, 0.1) is 0 Å². The van der Waals surface area contributed by atoms with Crippen LogP contribution in [0.5, 0.6) is 0 Å². The van der Waals surface area contributed by atoms with Crippen molar-refractivity contribution in [2.75, 3.05) is 19.8 Å². The third-order valence-corrected chi connectivity index (χ3v) is 4.91. The number of unbranched alkanes of at least 4 members (excludes halogenated alkanes) is 1. The first-order chi connectivity index (χ1) is 17.2. The molecule has 0 unspecified atom stereocenters. The quantitative estimate of drug-likeness (QED) is 0.143. The average molecular weight is 505 g/mol. The van der Waals surface area contributed by atoms with E-state index in [-0.39, 0.29) is 57.0 Å². The molecule has 0 bridgehead atoms. The Morgan fingerprint density at radius 1 is 0.944 bits per heavy atom. The van der Waals surface area contributed by atoms with Crippen molar-refractivity contribution in [3.05, 3.63) is 48.0 Å². The summed E-state index contributed by atoms with van der Waals surface area (Å²) in [5.41, 5.74) is 1.01. The van der Waals surface area contributed by atoms with Gasteiger partial charge in [-0.15, -0.1) is 0 Å². The van der Waals surface area contributed by atoms with Crippen LogP contribution in [0.1, 0.15) is 57.9 Å². The van der Waals surface area contributed by atoms with Gasteiger partial charge in [-0.05, 0) is 25.3 Å². The molecular formula is C26H36N2O8. The average Bonchev–Trinajstić information content (AvgIpc) is 2.86. The predicted octanol–water partition coefficient (Wildman–Crippen LogP) is 2.99. The highest BCUT2D eigenvalue weighted by atomic mass is 16.6. The number of amides is 2. The minimum Gasteiger partial charge on any atom is -0.462 e. The van der Waals surface area contributed by atoms with Gasteiger partial charge in [-0.2, -0.15) is 0 Å². The molecule has 0 aliphatic rings. The third kappa shape index (κ3) is 13.9. The van der Waals surface area contributed by atoms with Gasteiger partial charge in [-0.3, -0.25) is 14.4 Å². The minimum atomic E-state index is -1.01. The second-order valence-electron chi connectivity index (χ2n) is 8.10. The summed E-state index contributed by atoms with van der Waals surface area (Å²) in [5, 5.41) is 5.26. The molecule has 1 aromatic rings. The monoisotopic (exact) mass is 504 g/mol. The van der Waals surface area contributed by atoms with E-state index in [2.05, 4.69) is 17.2 Å². The number of esters is 2. The van der Waals surface area contributed by atoms with E-state index >= 15 is 0 Å². The Morgan fingerprint density at radius 3 is 2.31 bits per heavy atom. The van der Waals surface area contributed by atoms with Crippen LogP contribution >= 0.6 is 0 Å². The number of hydrogen-bond acceptors (Lipinski definition) is 8. The van der Waals surface area contributed by atoms with Gasteiger partial charge in [0, 0.05) is 25.0 Å². The molecular weight excluding hydrogens is 468 g/mol. The highest BCUT2D eigenvalue weighted by Crippen LogP contribution is 2.07. The van der Waals surface area contributed by atoms with Gasteiger partial charge in [0.05, 0.1) is 12.5 Å². The van der Waals surface area contributed by atoms with E-state index in [1.807, 2.05) is 25.1 Å². The maximum Gasteiger partial charge on any atom is 0.408 e. The fourth-order valence-corrected chi connectivity index (χ4v) is 2.87. The van der Waals surface area contributed by atoms with Crippen molar-refractivity contribution in [1.82, 2.24) is 10.6 Å². The normalized spacial score (nSPS) is 11.1. The second kappa shape index (κ2) is 17.7. The number of carbonyl (C=O) groups is 5. The van der Waals surface area contributed by atoms with Crippen molar-refractivity contribution in [2.24, 2.45) is 0 Å². The zero-order valence-corrected chi connectivity index (χ0v) is 21.0. The van der Waals surface area contributed by atoms with E-state index in [9.17, 15) is 24.0 Å². The molecule has 0 radical (unpaired) electrons. The SMILES string of the molecule is C=C(C)C(=O)OCCOC(=O)CCC(=O)[C@H](CCC(=O)NCCCC)NC(=O)OCc1ccccc1. The summed E-state index contributed by atoms with van der Waals surface area (Å²) in [5.74, 6) is -1.91. The van der Waals surface area contributed by atoms with E-state index in [0.717, 1.165) is 18.4 Å². The lowest BCUT2D eigenvalue weighted by Crippen LogP contribution is -2.42. The molecule has 2 N–H and O–H groups in total. The van der Waals surface area contributed by atoms with Crippen molar-refractivity contribution >= 4 is 29.7 Å². The lowest BCUT2D eigenvalue weighted by molar-refractivity contribution is -0.150. The number of ether oxygens (including phenoxy) is 3. The van der Waals surface area contributed by atoms with Gasteiger partial charge in [-0.1, -0.05) is 50.3 Å². The fourth-order valence-electron chi connectivity index (χ4n) is 2.87. The van der Waals surface area contributed by atoms with Crippen LogP contribution in [0.3, 0.4) is 0 Å². The Morgan fingerprint density at radius 2 is 1.64 bits per heavy atom. The molecule has 0 aliphatic heterocycles. The van der Waals surface area contributed by atoms with E-state index in [1.54, 1.807) is 12.1 Å². The Kier molecular flexibility index (Phi) is 14.9. The summed E-state index contributed by atoms with van der Waals surface area (Å²) < 4.78 is 15.0. The summed E-state index contributed by atoms with van der Waals surface area (Å²) in [6.07, 6.45) is 0.625. The second-order valence-corrected chi connectivity index (χ2v) is 8.10. The zero-order chi connectivity index (χ0) is 26.8. The van der Waals surface area contributed by atoms with Gasteiger partial charge in [0.2, 0.25) is 5.91 Å². The van der Waals surface area contributed by atoms with E-state index in [1.165, 1.54) is 6.92 Å². The highest BCUT2D eigenvalue weighted by Gasteiger charge is 2.23. The molecule has 0 heterocycles. The van der Waals surface area contributed by atoms with Crippen LogP contribution in [0.15, 0.2) is 42.5 Å². The summed E-state index contributed by atoms with van der Waals surface area (Å²) in [7, 11) is 0. The Labute approximate surface area is 211 Å². The summed E-state index contributed by atoms with van der Waals surface area (Å²) >= 11 is 0. The Balaban J connectivity index is 2.55. The van der Waals surface area contributed by atoms with Gasteiger partial charge in [0.15, 0.2) is 5.78 Å². The van der Waals surface area contributed by atoms with Crippen LogP contribution in [-0.2, 0) is 40.0 Å². The molecule has 198 valence electrons.